The molecule has 4 N–H and O–H groups in total. The third kappa shape index (κ3) is 5.06. The maximum absolute atomic E-state index is 13.4. The SMILES string of the molecule is Nc1cc(Br)ccc1NC(=O)COc1ccc2ncnc(Nc3ccc(F)c(Cl)c3)c2c1. The summed E-state index contributed by atoms with van der Waals surface area (Å²) in [4.78, 5) is 20.8. The summed E-state index contributed by atoms with van der Waals surface area (Å²) in [5.74, 6) is 0.0629. The lowest BCUT2D eigenvalue weighted by molar-refractivity contribution is -0.118. The molecule has 0 atom stereocenters. The lowest BCUT2D eigenvalue weighted by Crippen LogP contribution is -2.20. The molecule has 0 radical (unpaired) electrons. The number of amides is 1. The Hall–Kier alpha value is -3.43. The Morgan fingerprint density at radius 1 is 1.12 bits per heavy atom. The second kappa shape index (κ2) is 9.37. The van der Waals surface area contributed by atoms with Crippen molar-refractivity contribution in [2.24, 2.45) is 0 Å². The van der Waals surface area contributed by atoms with Crippen molar-refractivity contribution in [1.82, 2.24) is 9.97 Å². The number of fused-ring (bicyclic) bond motifs is 1. The number of nitrogens with two attached hydrogens (primary N) is 1. The average molecular weight is 517 g/mol. The van der Waals surface area contributed by atoms with Gasteiger partial charge in [0.2, 0.25) is 0 Å². The Morgan fingerprint density at radius 3 is 2.75 bits per heavy atom. The first-order chi connectivity index (χ1) is 15.4. The van der Waals surface area contributed by atoms with Crippen molar-refractivity contribution in [3.8, 4) is 5.75 Å². The number of halogens is 3. The van der Waals surface area contributed by atoms with Gasteiger partial charge in [0.1, 0.15) is 23.7 Å². The van der Waals surface area contributed by atoms with Gasteiger partial charge in [-0.2, -0.15) is 0 Å². The minimum Gasteiger partial charge on any atom is -0.484 e. The maximum Gasteiger partial charge on any atom is 0.262 e. The van der Waals surface area contributed by atoms with E-state index in [1.54, 1.807) is 42.5 Å². The number of carbonyl (C=O) groups is 1. The first-order valence-corrected chi connectivity index (χ1v) is 10.5. The van der Waals surface area contributed by atoms with E-state index in [4.69, 9.17) is 22.1 Å². The van der Waals surface area contributed by atoms with E-state index in [1.165, 1.54) is 18.5 Å². The van der Waals surface area contributed by atoms with E-state index in [1.807, 2.05) is 0 Å². The fourth-order valence-electron chi connectivity index (χ4n) is 2.92. The fourth-order valence-corrected chi connectivity index (χ4v) is 3.48. The predicted octanol–water partition coefficient (Wildman–Crippen LogP) is 5.53. The molecule has 0 aliphatic carbocycles. The van der Waals surface area contributed by atoms with E-state index in [0.717, 1.165) is 4.47 Å². The van der Waals surface area contributed by atoms with E-state index in [9.17, 15) is 9.18 Å². The molecule has 1 aromatic heterocycles. The Balaban J connectivity index is 1.49. The van der Waals surface area contributed by atoms with Crippen LogP contribution in [-0.2, 0) is 4.79 Å². The van der Waals surface area contributed by atoms with Crippen molar-refractivity contribution in [1.29, 1.82) is 0 Å². The highest BCUT2D eigenvalue weighted by Gasteiger charge is 2.10. The zero-order valence-electron chi connectivity index (χ0n) is 16.4. The summed E-state index contributed by atoms with van der Waals surface area (Å²) in [6.07, 6.45) is 1.41. The zero-order chi connectivity index (χ0) is 22.7. The molecule has 4 aromatic rings. The van der Waals surface area contributed by atoms with Crippen molar-refractivity contribution in [2.75, 3.05) is 23.0 Å². The second-order valence-corrected chi connectivity index (χ2v) is 8.05. The van der Waals surface area contributed by atoms with Gasteiger partial charge >= 0.3 is 0 Å². The van der Waals surface area contributed by atoms with Crippen LogP contribution in [0.2, 0.25) is 5.02 Å². The van der Waals surface area contributed by atoms with Gasteiger partial charge in [-0.3, -0.25) is 4.79 Å². The standard InChI is InChI=1S/C22H16BrClFN5O2/c23-12-1-5-20(18(26)7-12)30-21(31)10-32-14-3-6-19-15(9-14)22(28-11-27-19)29-13-2-4-17(25)16(24)8-13/h1-9,11H,10,26H2,(H,30,31)(H,27,28,29). The van der Waals surface area contributed by atoms with E-state index >= 15 is 0 Å². The maximum atomic E-state index is 13.4. The van der Waals surface area contributed by atoms with Gasteiger partial charge in [-0.15, -0.1) is 0 Å². The molecule has 32 heavy (non-hydrogen) atoms. The molecule has 0 saturated carbocycles. The summed E-state index contributed by atoms with van der Waals surface area (Å²) in [6.45, 7) is -0.217. The molecule has 3 aromatic carbocycles. The van der Waals surface area contributed by atoms with Gasteiger partial charge in [0.05, 0.1) is 21.9 Å². The van der Waals surface area contributed by atoms with Crippen molar-refractivity contribution in [3.05, 3.63) is 76.2 Å². The van der Waals surface area contributed by atoms with Crippen LogP contribution in [0.4, 0.5) is 27.3 Å². The number of hydrogen-bond acceptors (Lipinski definition) is 6. The average Bonchev–Trinajstić information content (AvgIpc) is 2.77. The van der Waals surface area contributed by atoms with Gasteiger partial charge < -0.3 is 21.1 Å². The first-order valence-electron chi connectivity index (χ1n) is 9.33. The molecule has 0 unspecified atom stereocenters. The summed E-state index contributed by atoms with van der Waals surface area (Å²) in [7, 11) is 0. The van der Waals surface area contributed by atoms with E-state index < -0.39 is 5.82 Å². The third-order valence-corrected chi connectivity index (χ3v) is 5.23. The predicted molar refractivity (Wildman–Crippen MR) is 127 cm³/mol. The highest BCUT2D eigenvalue weighted by atomic mass is 79.9. The molecule has 1 amide bonds. The Morgan fingerprint density at radius 2 is 1.97 bits per heavy atom. The smallest absolute Gasteiger partial charge is 0.262 e. The number of anilines is 4. The third-order valence-electron chi connectivity index (χ3n) is 4.45. The number of nitrogen functional groups attached to an aromatic ring is 1. The van der Waals surface area contributed by atoms with Crippen LogP contribution in [0.3, 0.4) is 0 Å². The molecule has 162 valence electrons. The normalized spacial score (nSPS) is 10.7. The zero-order valence-corrected chi connectivity index (χ0v) is 18.7. The quantitative estimate of drug-likeness (QED) is 0.291. The highest BCUT2D eigenvalue weighted by molar-refractivity contribution is 9.10. The van der Waals surface area contributed by atoms with Gasteiger partial charge in [0, 0.05) is 15.5 Å². The Kier molecular flexibility index (Phi) is 6.38. The van der Waals surface area contributed by atoms with E-state index in [2.05, 4.69) is 36.5 Å². The van der Waals surface area contributed by atoms with Crippen molar-refractivity contribution in [2.45, 2.75) is 0 Å². The van der Waals surface area contributed by atoms with Gasteiger partial charge in [-0.1, -0.05) is 27.5 Å². The van der Waals surface area contributed by atoms with Crippen molar-refractivity contribution < 1.29 is 13.9 Å². The Bertz CT molecular complexity index is 1320. The molecule has 4 rings (SSSR count). The van der Waals surface area contributed by atoms with Crippen LogP contribution in [0, 0.1) is 5.82 Å². The number of aromatic nitrogens is 2. The number of carbonyl (C=O) groups excluding carboxylic acids is 1. The Labute approximate surface area is 195 Å². The number of nitrogens with zero attached hydrogens (tertiary/aromatic N) is 2. The van der Waals surface area contributed by atoms with Crippen LogP contribution < -0.4 is 21.1 Å². The molecule has 10 heteroatoms. The van der Waals surface area contributed by atoms with Crippen LogP contribution >= 0.6 is 27.5 Å². The van der Waals surface area contributed by atoms with Crippen molar-refractivity contribution in [3.63, 3.8) is 0 Å². The molecule has 0 spiro atoms. The molecule has 0 fully saturated rings. The molecule has 0 saturated heterocycles. The van der Waals surface area contributed by atoms with Crippen LogP contribution in [0.25, 0.3) is 10.9 Å². The minimum atomic E-state index is -0.511. The monoisotopic (exact) mass is 515 g/mol. The number of hydrogen-bond donors (Lipinski definition) is 3. The van der Waals surface area contributed by atoms with Gasteiger partial charge in [0.15, 0.2) is 6.61 Å². The van der Waals surface area contributed by atoms with E-state index in [0.29, 0.717) is 39.5 Å². The van der Waals surface area contributed by atoms with Gasteiger partial charge in [-0.25, -0.2) is 14.4 Å². The summed E-state index contributed by atoms with van der Waals surface area (Å²) < 4.78 is 19.9. The van der Waals surface area contributed by atoms with Crippen LogP contribution in [0.15, 0.2) is 65.4 Å². The van der Waals surface area contributed by atoms with Crippen molar-refractivity contribution >= 4 is 67.2 Å². The lowest BCUT2D eigenvalue weighted by Gasteiger charge is -2.12. The molecular weight excluding hydrogens is 501 g/mol. The van der Waals surface area contributed by atoms with E-state index in [-0.39, 0.29) is 17.5 Å². The van der Waals surface area contributed by atoms with Gasteiger partial charge in [-0.05, 0) is 54.6 Å². The number of benzene rings is 3. The number of nitrogens with one attached hydrogen (secondary N) is 2. The van der Waals surface area contributed by atoms with Crippen LogP contribution in [-0.4, -0.2) is 22.5 Å². The summed E-state index contributed by atoms with van der Waals surface area (Å²) in [5, 5.41) is 6.46. The molecular formula is C22H16BrClFN5O2. The molecule has 0 aliphatic heterocycles. The first kappa shape index (κ1) is 21.8. The summed E-state index contributed by atoms with van der Waals surface area (Å²) in [5.41, 5.74) is 8.06. The van der Waals surface area contributed by atoms with Crippen LogP contribution in [0.5, 0.6) is 5.75 Å². The fraction of sp³-hybridized carbons (Fsp3) is 0.0455. The highest BCUT2D eigenvalue weighted by Crippen LogP contribution is 2.28. The molecule has 0 aliphatic rings. The largest absolute Gasteiger partial charge is 0.484 e. The number of ether oxygens (including phenoxy) is 1. The molecule has 1 heterocycles. The summed E-state index contributed by atoms with van der Waals surface area (Å²) in [6, 6.07) is 14.6. The lowest BCUT2D eigenvalue weighted by atomic mass is 10.2. The number of rotatable bonds is 6. The molecule has 7 nitrogen and oxygen atoms in total. The topological polar surface area (TPSA) is 102 Å². The van der Waals surface area contributed by atoms with Crippen LogP contribution in [0.1, 0.15) is 0 Å². The summed E-state index contributed by atoms with van der Waals surface area (Å²) >= 11 is 9.17. The molecule has 0 bridgehead atoms. The second-order valence-electron chi connectivity index (χ2n) is 6.72. The minimum absolute atomic E-state index is 0.00481. The van der Waals surface area contributed by atoms with Gasteiger partial charge in [0.25, 0.3) is 5.91 Å².